The zero-order valence-corrected chi connectivity index (χ0v) is 18.4. The molecule has 1 atom stereocenters. The van der Waals surface area contributed by atoms with Crippen molar-refractivity contribution < 1.29 is 22.5 Å². The van der Waals surface area contributed by atoms with Crippen LogP contribution in [-0.4, -0.2) is 67.0 Å². The number of amides is 1. The Morgan fingerprint density at radius 2 is 2.17 bits per heavy atom. The molecule has 2 aromatic rings. The van der Waals surface area contributed by atoms with Crippen molar-refractivity contribution in [3.05, 3.63) is 41.5 Å². The van der Waals surface area contributed by atoms with Crippen molar-refractivity contribution in [3.63, 3.8) is 0 Å². The van der Waals surface area contributed by atoms with Crippen LogP contribution >= 0.6 is 0 Å². The quantitative estimate of drug-likeness (QED) is 0.621. The molecule has 3 heterocycles. The van der Waals surface area contributed by atoms with Gasteiger partial charge in [-0.3, -0.25) is 9.78 Å². The fourth-order valence-corrected chi connectivity index (χ4v) is 5.56. The Morgan fingerprint density at radius 1 is 1.37 bits per heavy atom. The second kappa shape index (κ2) is 9.67. The van der Waals surface area contributed by atoms with Crippen LogP contribution in [0.4, 0.5) is 0 Å². The molecule has 30 heavy (non-hydrogen) atoms. The van der Waals surface area contributed by atoms with Gasteiger partial charge in [-0.1, -0.05) is 11.2 Å². The third-order valence-corrected chi connectivity index (χ3v) is 7.37. The standard InChI is InChI=1S/C20H28N4O5S/c1-15-19(16(2)29-22-15)30(26,27)24-10-6-7-17(13-24)20(25)23(11-12-28-3)14-18-8-4-5-9-21-18/h4-5,8-9,17H,6-7,10-14H2,1-3H3. The molecular weight excluding hydrogens is 408 g/mol. The topological polar surface area (TPSA) is 106 Å². The fraction of sp³-hybridized carbons (Fsp3) is 0.550. The first kappa shape index (κ1) is 22.4. The van der Waals surface area contributed by atoms with Crippen LogP contribution in [0, 0.1) is 19.8 Å². The van der Waals surface area contributed by atoms with E-state index in [1.54, 1.807) is 32.1 Å². The molecule has 2 aromatic heterocycles. The van der Waals surface area contributed by atoms with Crippen molar-refractivity contribution in [3.8, 4) is 0 Å². The number of hydrogen-bond donors (Lipinski definition) is 0. The average molecular weight is 437 g/mol. The molecule has 0 saturated carbocycles. The highest BCUT2D eigenvalue weighted by Gasteiger charge is 2.37. The Kier molecular flexibility index (Phi) is 7.22. The van der Waals surface area contributed by atoms with Crippen molar-refractivity contribution in [1.29, 1.82) is 0 Å². The molecule has 1 fully saturated rings. The molecule has 1 aliphatic heterocycles. The van der Waals surface area contributed by atoms with E-state index in [-0.39, 0.29) is 23.1 Å². The number of piperidine rings is 1. The van der Waals surface area contributed by atoms with Crippen molar-refractivity contribution in [2.24, 2.45) is 5.92 Å². The number of sulfonamides is 1. The predicted molar refractivity (Wildman–Crippen MR) is 109 cm³/mol. The minimum absolute atomic E-state index is 0.0867. The van der Waals surface area contributed by atoms with Crippen molar-refractivity contribution in [2.75, 3.05) is 33.4 Å². The number of carbonyl (C=O) groups excluding carboxylic acids is 1. The number of nitrogens with zero attached hydrogens (tertiary/aromatic N) is 4. The van der Waals surface area contributed by atoms with E-state index in [4.69, 9.17) is 9.26 Å². The smallest absolute Gasteiger partial charge is 0.248 e. The Hall–Kier alpha value is -2.30. The lowest BCUT2D eigenvalue weighted by molar-refractivity contribution is -0.138. The summed E-state index contributed by atoms with van der Waals surface area (Å²) in [5.74, 6) is -0.247. The lowest BCUT2D eigenvalue weighted by Crippen LogP contribution is -2.47. The number of aromatic nitrogens is 2. The average Bonchev–Trinajstić information content (AvgIpc) is 3.10. The Balaban J connectivity index is 1.77. The molecule has 10 heteroatoms. The van der Waals surface area contributed by atoms with E-state index in [1.165, 1.54) is 4.31 Å². The molecule has 1 aliphatic rings. The van der Waals surface area contributed by atoms with Crippen LogP contribution in [0.2, 0.25) is 0 Å². The minimum atomic E-state index is -3.78. The number of carbonyl (C=O) groups is 1. The molecule has 1 saturated heterocycles. The largest absolute Gasteiger partial charge is 0.383 e. The minimum Gasteiger partial charge on any atom is -0.383 e. The maximum atomic E-state index is 13.3. The number of pyridine rings is 1. The molecule has 164 valence electrons. The summed E-state index contributed by atoms with van der Waals surface area (Å²) in [7, 11) is -2.19. The van der Waals surface area contributed by atoms with Gasteiger partial charge in [-0.05, 0) is 38.8 Å². The summed E-state index contributed by atoms with van der Waals surface area (Å²) in [6.07, 6.45) is 2.94. The van der Waals surface area contributed by atoms with E-state index >= 15 is 0 Å². The van der Waals surface area contributed by atoms with Crippen LogP contribution in [0.3, 0.4) is 0 Å². The second-order valence-corrected chi connectivity index (χ2v) is 9.30. The first-order chi connectivity index (χ1) is 14.3. The van der Waals surface area contributed by atoms with Crippen LogP contribution < -0.4 is 0 Å². The zero-order valence-electron chi connectivity index (χ0n) is 17.6. The van der Waals surface area contributed by atoms with Gasteiger partial charge in [0.2, 0.25) is 15.9 Å². The first-order valence-corrected chi connectivity index (χ1v) is 11.4. The molecule has 9 nitrogen and oxygen atoms in total. The summed E-state index contributed by atoms with van der Waals surface area (Å²) in [6, 6.07) is 5.56. The van der Waals surface area contributed by atoms with Gasteiger partial charge in [-0.25, -0.2) is 8.42 Å². The second-order valence-electron chi connectivity index (χ2n) is 7.43. The van der Waals surface area contributed by atoms with Gasteiger partial charge in [0, 0.05) is 32.9 Å². The summed E-state index contributed by atoms with van der Waals surface area (Å²) in [5, 5.41) is 3.76. The molecular formula is C20H28N4O5S. The molecule has 3 rings (SSSR count). The third-order valence-electron chi connectivity index (χ3n) is 5.26. The highest BCUT2D eigenvalue weighted by Crippen LogP contribution is 2.28. The Morgan fingerprint density at radius 3 is 2.80 bits per heavy atom. The van der Waals surface area contributed by atoms with Crippen LogP contribution in [0.15, 0.2) is 33.8 Å². The van der Waals surface area contributed by atoms with Gasteiger partial charge in [0.1, 0.15) is 10.6 Å². The number of rotatable bonds is 8. The van der Waals surface area contributed by atoms with Crippen molar-refractivity contribution in [2.45, 2.75) is 38.1 Å². The Labute approximate surface area is 177 Å². The summed E-state index contributed by atoms with van der Waals surface area (Å²) in [4.78, 5) is 19.4. The molecule has 0 aromatic carbocycles. The molecule has 0 bridgehead atoms. The monoisotopic (exact) mass is 436 g/mol. The SMILES string of the molecule is COCCN(Cc1ccccn1)C(=O)C1CCCN(S(=O)(=O)c2c(C)noc2C)C1. The summed E-state index contributed by atoms with van der Waals surface area (Å²) in [6.45, 7) is 4.86. The molecule has 0 aliphatic carbocycles. The van der Waals surface area contributed by atoms with E-state index < -0.39 is 15.9 Å². The predicted octanol–water partition coefficient (Wildman–Crippen LogP) is 1.76. The van der Waals surface area contributed by atoms with E-state index in [1.807, 2.05) is 18.2 Å². The van der Waals surface area contributed by atoms with Crippen molar-refractivity contribution >= 4 is 15.9 Å². The van der Waals surface area contributed by atoms with E-state index in [9.17, 15) is 13.2 Å². The van der Waals surface area contributed by atoms with E-state index in [0.29, 0.717) is 44.8 Å². The zero-order chi connectivity index (χ0) is 21.7. The number of methoxy groups -OCH3 is 1. The highest BCUT2D eigenvalue weighted by atomic mass is 32.2. The van der Waals surface area contributed by atoms with Crippen LogP contribution in [-0.2, 0) is 26.1 Å². The molecule has 0 spiro atoms. The number of aryl methyl sites for hydroxylation is 2. The van der Waals surface area contributed by atoms with Gasteiger partial charge in [-0.15, -0.1) is 0 Å². The molecule has 0 N–H and O–H groups in total. The fourth-order valence-electron chi connectivity index (χ4n) is 3.75. The first-order valence-electron chi connectivity index (χ1n) is 9.95. The summed E-state index contributed by atoms with van der Waals surface area (Å²) in [5.41, 5.74) is 1.11. The van der Waals surface area contributed by atoms with E-state index in [2.05, 4.69) is 10.1 Å². The van der Waals surface area contributed by atoms with Gasteiger partial charge < -0.3 is 14.2 Å². The molecule has 1 amide bonds. The van der Waals surface area contributed by atoms with Gasteiger partial charge in [0.05, 0.1) is 24.8 Å². The van der Waals surface area contributed by atoms with Gasteiger partial charge in [0.25, 0.3) is 0 Å². The third kappa shape index (κ3) is 4.88. The van der Waals surface area contributed by atoms with Crippen LogP contribution in [0.5, 0.6) is 0 Å². The summed E-state index contributed by atoms with van der Waals surface area (Å²) >= 11 is 0. The van der Waals surface area contributed by atoms with E-state index in [0.717, 1.165) is 5.69 Å². The molecule has 0 radical (unpaired) electrons. The maximum absolute atomic E-state index is 13.3. The van der Waals surface area contributed by atoms with Crippen LogP contribution in [0.25, 0.3) is 0 Å². The maximum Gasteiger partial charge on any atom is 0.248 e. The number of hydrogen-bond acceptors (Lipinski definition) is 7. The van der Waals surface area contributed by atoms with Gasteiger partial charge >= 0.3 is 0 Å². The summed E-state index contributed by atoms with van der Waals surface area (Å²) < 4.78 is 37.9. The lowest BCUT2D eigenvalue weighted by Gasteiger charge is -2.34. The van der Waals surface area contributed by atoms with Crippen LogP contribution in [0.1, 0.15) is 30.0 Å². The Bertz CT molecular complexity index is 941. The van der Waals surface area contributed by atoms with Crippen molar-refractivity contribution in [1.82, 2.24) is 19.3 Å². The van der Waals surface area contributed by atoms with Gasteiger partial charge in [-0.2, -0.15) is 4.31 Å². The van der Waals surface area contributed by atoms with Gasteiger partial charge in [0.15, 0.2) is 5.76 Å². The normalized spacial score (nSPS) is 17.8. The lowest BCUT2D eigenvalue weighted by atomic mass is 9.98. The highest BCUT2D eigenvalue weighted by molar-refractivity contribution is 7.89. The number of ether oxygens (including phenoxy) is 1. The molecule has 1 unspecified atom stereocenters.